The van der Waals surface area contributed by atoms with E-state index in [0.29, 0.717) is 5.95 Å². The van der Waals surface area contributed by atoms with Gasteiger partial charge in [0.05, 0.1) is 0 Å². The van der Waals surface area contributed by atoms with Crippen LogP contribution in [0.15, 0.2) is 5.16 Å². The van der Waals surface area contributed by atoms with Crippen LogP contribution in [-0.2, 0) is 7.05 Å². The van der Waals surface area contributed by atoms with E-state index in [0.717, 1.165) is 10.9 Å². The molecule has 1 heterocycles. The number of anilines is 1. The molecule has 0 aliphatic rings. The molecule has 0 aromatic carbocycles. The van der Waals surface area contributed by atoms with Gasteiger partial charge in [-0.05, 0) is 18.4 Å². The summed E-state index contributed by atoms with van der Waals surface area (Å²) in [5, 5.41) is 8.64. The molecule has 0 amide bonds. The summed E-state index contributed by atoms with van der Waals surface area (Å²) < 4.78 is 1.81. The largest absolute Gasteiger partial charge is 0.368 e. The molecule has 0 aliphatic carbocycles. The van der Waals surface area contributed by atoms with Gasteiger partial charge in [0.25, 0.3) is 0 Å². The molecule has 0 spiro atoms. The maximum Gasteiger partial charge on any atom is 0.222 e. The molecule has 1 aromatic rings. The summed E-state index contributed by atoms with van der Waals surface area (Å²) in [7, 11) is 1.88. The van der Waals surface area contributed by atoms with E-state index in [-0.39, 0.29) is 0 Å². The van der Waals surface area contributed by atoms with Gasteiger partial charge in [0.15, 0.2) is 5.16 Å². The Kier molecular flexibility index (Phi) is 4.44. The Balaban J connectivity index is 2.32. The minimum absolute atomic E-state index is 0.479. The van der Waals surface area contributed by atoms with E-state index in [4.69, 9.17) is 5.73 Å². The van der Waals surface area contributed by atoms with Crippen molar-refractivity contribution < 1.29 is 0 Å². The molecule has 0 atom stereocenters. The summed E-state index contributed by atoms with van der Waals surface area (Å²) in [5.74, 6) is 2.75. The number of nitrogens with zero attached hydrogens (tertiary/aromatic N) is 3. The van der Waals surface area contributed by atoms with Gasteiger partial charge < -0.3 is 5.73 Å². The van der Waals surface area contributed by atoms with E-state index in [1.807, 2.05) is 23.4 Å². The minimum Gasteiger partial charge on any atom is -0.368 e. The van der Waals surface area contributed by atoms with Gasteiger partial charge in [0, 0.05) is 12.8 Å². The second-order valence-corrected chi connectivity index (χ2v) is 4.64. The monoisotopic (exact) mass is 218 g/mol. The number of thioether (sulfide) groups is 2. The minimum atomic E-state index is 0.479. The fraction of sp³-hybridized carbons (Fsp3) is 0.714. The fourth-order valence-electron chi connectivity index (χ4n) is 0.819. The summed E-state index contributed by atoms with van der Waals surface area (Å²) in [6.07, 6.45) is 3.31. The van der Waals surface area contributed by atoms with Crippen LogP contribution in [-0.4, -0.2) is 32.5 Å². The van der Waals surface area contributed by atoms with Crippen LogP contribution in [0.4, 0.5) is 5.95 Å². The Morgan fingerprint density at radius 3 is 2.69 bits per heavy atom. The van der Waals surface area contributed by atoms with Gasteiger partial charge in [0.1, 0.15) is 0 Å². The highest BCUT2D eigenvalue weighted by Crippen LogP contribution is 2.17. The molecule has 2 N–H and O–H groups in total. The van der Waals surface area contributed by atoms with Crippen molar-refractivity contribution in [3.63, 3.8) is 0 Å². The predicted molar refractivity (Wildman–Crippen MR) is 59.1 cm³/mol. The Morgan fingerprint density at radius 2 is 2.15 bits per heavy atom. The Hall–Kier alpha value is -0.360. The molecule has 1 rings (SSSR count). The van der Waals surface area contributed by atoms with Crippen LogP contribution in [0.5, 0.6) is 0 Å². The van der Waals surface area contributed by atoms with E-state index in [1.165, 1.54) is 12.2 Å². The molecule has 0 aliphatic heterocycles. The molecule has 1 aromatic heterocycles. The zero-order chi connectivity index (χ0) is 9.68. The van der Waals surface area contributed by atoms with Crippen molar-refractivity contribution in [3.8, 4) is 0 Å². The van der Waals surface area contributed by atoms with Crippen LogP contribution in [0.25, 0.3) is 0 Å². The molecule has 13 heavy (non-hydrogen) atoms. The van der Waals surface area contributed by atoms with Crippen molar-refractivity contribution in [3.05, 3.63) is 0 Å². The molecule has 6 heteroatoms. The molecule has 0 saturated carbocycles. The van der Waals surface area contributed by atoms with Crippen molar-refractivity contribution >= 4 is 29.5 Å². The zero-order valence-corrected chi connectivity index (χ0v) is 9.49. The third-order valence-electron chi connectivity index (χ3n) is 1.59. The number of nitrogen functional groups attached to an aromatic ring is 1. The van der Waals surface area contributed by atoms with E-state index >= 15 is 0 Å². The van der Waals surface area contributed by atoms with Gasteiger partial charge in [-0.3, -0.25) is 4.57 Å². The van der Waals surface area contributed by atoms with Crippen molar-refractivity contribution in [2.24, 2.45) is 7.05 Å². The number of hydrogen-bond acceptors (Lipinski definition) is 5. The molecule has 74 valence electrons. The van der Waals surface area contributed by atoms with Gasteiger partial charge in [-0.1, -0.05) is 11.8 Å². The molecule has 0 saturated heterocycles. The summed E-state index contributed by atoms with van der Waals surface area (Å²) in [4.78, 5) is 0. The molecule has 0 bridgehead atoms. The fourth-order valence-corrected chi connectivity index (χ4v) is 2.29. The van der Waals surface area contributed by atoms with Crippen molar-refractivity contribution in [1.29, 1.82) is 0 Å². The van der Waals surface area contributed by atoms with Gasteiger partial charge in [-0.2, -0.15) is 11.8 Å². The number of hydrogen-bond donors (Lipinski definition) is 1. The Bertz CT molecular complexity index is 261. The first-order chi connectivity index (χ1) is 6.25. The van der Waals surface area contributed by atoms with Crippen LogP contribution in [0.3, 0.4) is 0 Å². The SMILES string of the molecule is CSCCCSc1nnc(N)n1C. The molecular weight excluding hydrogens is 204 g/mol. The second-order valence-electron chi connectivity index (χ2n) is 2.59. The number of rotatable bonds is 5. The highest BCUT2D eigenvalue weighted by molar-refractivity contribution is 7.99. The van der Waals surface area contributed by atoms with Gasteiger partial charge in [0.2, 0.25) is 5.95 Å². The van der Waals surface area contributed by atoms with Crippen LogP contribution in [0.2, 0.25) is 0 Å². The molecule has 0 unspecified atom stereocenters. The topological polar surface area (TPSA) is 56.7 Å². The first kappa shape index (κ1) is 10.7. The third-order valence-corrected chi connectivity index (χ3v) is 3.40. The first-order valence-corrected chi connectivity index (χ1v) is 6.40. The quantitative estimate of drug-likeness (QED) is 0.595. The van der Waals surface area contributed by atoms with Crippen molar-refractivity contribution in [2.45, 2.75) is 11.6 Å². The van der Waals surface area contributed by atoms with Crippen LogP contribution < -0.4 is 5.73 Å². The first-order valence-electron chi connectivity index (χ1n) is 4.02. The standard InChI is InChI=1S/C7H14N4S2/c1-11-6(8)9-10-7(11)13-5-3-4-12-2/h3-5H2,1-2H3,(H2,8,9). The van der Waals surface area contributed by atoms with E-state index in [9.17, 15) is 0 Å². The van der Waals surface area contributed by atoms with Crippen LogP contribution in [0.1, 0.15) is 6.42 Å². The number of aromatic nitrogens is 3. The van der Waals surface area contributed by atoms with Gasteiger partial charge in [-0.15, -0.1) is 10.2 Å². The lowest BCUT2D eigenvalue weighted by Crippen LogP contribution is -1.98. The maximum absolute atomic E-state index is 5.54. The predicted octanol–water partition coefficient (Wildman–Crippen LogP) is 1.24. The summed E-state index contributed by atoms with van der Waals surface area (Å²) in [5.41, 5.74) is 5.54. The second kappa shape index (κ2) is 5.39. The highest BCUT2D eigenvalue weighted by Gasteiger charge is 2.04. The number of nitrogens with two attached hydrogens (primary N) is 1. The van der Waals surface area contributed by atoms with Gasteiger partial charge >= 0.3 is 0 Å². The molecule has 0 radical (unpaired) electrons. The molecule has 0 fully saturated rings. The Labute approximate surface area is 86.7 Å². The zero-order valence-electron chi connectivity index (χ0n) is 7.86. The van der Waals surface area contributed by atoms with Gasteiger partial charge in [-0.25, -0.2) is 0 Å². The van der Waals surface area contributed by atoms with Crippen LogP contribution in [0, 0.1) is 0 Å². The average molecular weight is 218 g/mol. The normalized spacial score (nSPS) is 10.6. The third kappa shape index (κ3) is 3.11. The smallest absolute Gasteiger partial charge is 0.222 e. The lowest BCUT2D eigenvalue weighted by atomic mass is 10.6. The van der Waals surface area contributed by atoms with E-state index < -0.39 is 0 Å². The van der Waals surface area contributed by atoms with Crippen molar-refractivity contribution in [1.82, 2.24) is 14.8 Å². The summed E-state index contributed by atoms with van der Waals surface area (Å²) in [6, 6.07) is 0. The van der Waals surface area contributed by atoms with Crippen molar-refractivity contribution in [2.75, 3.05) is 23.5 Å². The Morgan fingerprint density at radius 1 is 1.38 bits per heavy atom. The lowest BCUT2D eigenvalue weighted by Gasteiger charge is -1.99. The summed E-state index contributed by atoms with van der Waals surface area (Å²) >= 11 is 3.57. The summed E-state index contributed by atoms with van der Waals surface area (Å²) in [6.45, 7) is 0. The lowest BCUT2D eigenvalue weighted by molar-refractivity contribution is 0.795. The van der Waals surface area contributed by atoms with Crippen LogP contribution >= 0.6 is 23.5 Å². The average Bonchev–Trinajstić information content (AvgIpc) is 2.43. The van der Waals surface area contributed by atoms with E-state index in [2.05, 4.69) is 16.5 Å². The maximum atomic E-state index is 5.54. The van der Waals surface area contributed by atoms with E-state index in [1.54, 1.807) is 11.8 Å². The molecule has 4 nitrogen and oxygen atoms in total. The highest BCUT2D eigenvalue weighted by atomic mass is 32.2. The molecular formula is C7H14N4S2.